The third-order valence-electron chi connectivity index (χ3n) is 3.52. The van der Waals surface area contributed by atoms with E-state index in [-0.39, 0.29) is 11.8 Å². The van der Waals surface area contributed by atoms with E-state index in [0.717, 1.165) is 12.0 Å². The molecule has 1 unspecified atom stereocenters. The second kappa shape index (κ2) is 6.37. The van der Waals surface area contributed by atoms with Crippen LogP contribution in [0.15, 0.2) is 30.3 Å². The molecule has 6 heteroatoms. The van der Waals surface area contributed by atoms with E-state index < -0.39 is 10.0 Å². The lowest BCUT2D eigenvalue weighted by molar-refractivity contribution is -0.122. The molecule has 1 atom stereocenters. The first-order chi connectivity index (χ1) is 9.45. The normalized spacial score (nSPS) is 19.9. The minimum Gasteiger partial charge on any atom is -0.352 e. The molecule has 0 aromatic heterocycles. The Kier molecular flexibility index (Phi) is 4.77. The lowest BCUT2D eigenvalue weighted by atomic mass is 10.0. The fraction of sp³-hybridized carbons (Fsp3) is 0.500. The molecule has 1 aromatic rings. The van der Waals surface area contributed by atoms with Crippen LogP contribution >= 0.6 is 0 Å². The summed E-state index contributed by atoms with van der Waals surface area (Å²) in [5.41, 5.74) is 1.06. The van der Waals surface area contributed by atoms with Crippen LogP contribution in [0.4, 0.5) is 0 Å². The molecule has 5 nitrogen and oxygen atoms in total. The highest BCUT2D eigenvalue weighted by atomic mass is 32.2. The fourth-order valence-corrected chi connectivity index (χ4v) is 3.31. The maximum absolute atomic E-state index is 11.8. The first-order valence-electron chi connectivity index (χ1n) is 6.71. The number of rotatable bonds is 5. The Morgan fingerprint density at radius 2 is 2.05 bits per heavy atom. The van der Waals surface area contributed by atoms with Gasteiger partial charge in [-0.2, -0.15) is 0 Å². The average molecular weight is 296 g/mol. The molecule has 0 radical (unpaired) electrons. The second-order valence-corrected chi connectivity index (χ2v) is 7.22. The number of amides is 1. The zero-order valence-corrected chi connectivity index (χ0v) is 12.4. The van der Waals surface area contributed by atoms with Crippen molar-refractivity contribution in [3.05, 3.63) is 35.9 Å². The Labute approximate surface area is 120 Å². The van der Waals surface area contributed by atoms with Crippen molar-refractivity contribution in [3.63, 3.8) is 0 Å². The van der Waals surface area contributed by atoms with E-state index >= 15 is 0 Å². The Hall–Kier alpha value is -1.40. The van der Waals surface area contributed by atoms with E-state index in [0.29, 0.717) is 26.1 Å². The lowest BCUT2D eigenvalue weighted by Gasteiger charge is -2.13. The topological polar surface area (TPSA) is 66.5 Å². The molecular formula is C14H20N2O3S. The molecule has 1 fully saturated rings. The number of carbonyl (C=O) groups excluding carboxylic acids is 1. The van der Waals surface area contributed by atoms with Gasteiger partial charge in [-0.25, -0.2) is 12.7 Å². The van der Waals surface area contributed by atoms with Crippen LogP contribution in [0.25, 0.3) is 0 Å². The number of nitrogens with zero attached hydrogens (tertiary/aromatic N) is 1. The molecule has 1 heterocycles. The van der Waals surface area contributed by atoms with E-state index in [1.54, 1.807) is 0 Å². The molecule has 0 saturated carbocycles. The van der Waals surface area contributed by atoms with Crippen molar-refractivity contribution in [2.75, 3.05) is 19.3 Å². The smallest absolute Gasteiger partial charge is 0.220 e. The van der Waals surface area contributed by atoms with Crippen molar-refractivity contribution in [3.8, 4) is 0 Å². The predicted octanol–water partition coefficient (Wildman–Crippen LogP) is 0.974. The molecule has 2 rings (SSSR count). The van der Waals surface area contributed by atoms with E-state index in [2.05, 4.69) is 5.32 Å². The third kappa shape index (κ3) is 4.31. The van der Waals surface area contributed by atoms with E-state index in [1.165, 1.54) is 10.6 Å². The first-order valence-corrected chi connectivity index (χ1v) is 8.56. The number of nitrogens with one attached hydrogen (secondary N) is 1. The van der Waals surface area contributed by atoms with Crippen LogP contribution in [0.3, 0.4) is 0 Å². The van der Waals surface area contributed by atoms with Gasteiger partial charge >= 0.3 is 0 Å². The number of hydrogen-bond acceptors (Lipinski definition) is 3. The van der Waals surface area contributed by atoms with Gasteiger partial charge in [0.25, 0.3) is 0 Å². The van der Waals surface area contributed by atoms with Gasteiger partial charge in [0.2, 0.25) is 15.9 Å². The summed E-state index contributed by atoms with van der Waals surface area (Å²) in [6.07, 6.45) is 2.36. The molecule has 1 aliphatic rings. The summed E-state index contributed by atoms with van der Waals surface area (Å²) < 4.78 is 24.2. The molecule has 1 aliphatic heterocycles. The average Bonchev–Trinajstić information content (AvgIpc) is 2.86. The Balaban J connectivity index is 1.76. The summed E-state index contributed by atoms with van der Waals surface area (Å²) >= 11 is 0. The molecule has 0 aliphatic carbocycles. The number of benzene rings is 1. The minimum atomic E-state index is -3.12. The predicted molar refractivity (Wildman–Crippen MR) is 77.4 cm³/mol. The van der Waals surface area contributed by atoms with Crippen LogP contribution in [0.2, 0.25) is 0 Å². The van der Waals surface area contributed by atoms with Crippen LogP contribution in [0.1, 0.15) is 18.4 Å². The molecule has 1 saturated heterocycles. The van der Waals surface area contributed by atoms with Crippen LogP contribution in [-0.4, -0.2) is 38.0 Å². The molecule has 1 aromatic carbocycles. The van der Waals surface area contributed by atoms with Crippen molar-refractivity contribution in [1.82, 2.24) is 9.62 Å². The highest BCUT2D eigenvalue weighted by molar-refractivity contribution is 7.88. The summed E-state index contributed by atoms with van der Waals surface area (Å²) in [5, 5.41) is 2.87. The van der Waals surface area contributed by atoms with E-state index in [1.807, 2.05) is 30.3 Å². The number of hydrogen-bond donors (Lipinski definition) is 1. The van der Waals surface area contributed by atoms with Gasteiger partial charge in [0.1, 0.15) is 0 Å². The molecular weight excluding hydrogens is 276 g/mol. The van der Waals surface area contributed by atoms with Gasteiger partial charge in [0, 0.05) is 26.1 Å². The van der Waals surface area contributed by atoms with Gasteiger partial charge in [-0.05, 0) is 17.9 Å². The van der Waals surface area contributed by atoms with Crippen LogP contribution in [0.5, 0.6) is 0 Å². The third-order valence-corrected chi connectivity index (χ3v) is 4.79. The van der Waals surface area contributed by atoms with Gasteiger partial charge < -0.3 is 5.32 Å². The first kappa shape index (κ1) is 15.0. The maximum Gasteiger partial charge on any atom is 0.220 e. The second-order valence-electron chi connectivity index (χ2n) is 5.24. The molecule has 0 spiro atoms. The molecule has 1 N–H and O–H groups in total. The Bertz CT molecular complexity index is 557. The summed E-state index contributed by atoms with van der Waals surface area (Å²) in [7, 11) is -3.12. The molecule has 0 bridgehead atoms. The highest BCUT2D eigenvalue weighted by Crippen LogP contribution is 2.21. The van der Waals surface area contributed by atoms with Crippen molar-refractivity contribution in [2.24, 2.45) is 5.92 Å². The summed E-state index contributed by atoms with van der Waals surface area (Å²) in [6.45, 7) is 1.50. The zero-order chi connectivity index (χ0) is 14.6. The fourth-order valence-electron chi connectivity index (χ4n) is 2.40. The van der Waals surface area contributed by atoms with Crippen LogP contribution < -0.4 is 5.32 Å². The monoisotopic (exact) mass is 296 g/mol. The van der Waals surface area contributed by atoms with Crippen molar-refractivity contribution < 1.29 is 13.2 Å². The molecule has 110 valence electrons. The largest absolute Gasteiger partial charge is 0.352 e. The molecule has 20 heavy (non-hydrogen) atoms. The van der Waals surface area contributed by atoms with Crippen molar-refractivity contribution in [2.45, 2.75) is 19.4 Å². The van der Waals surface area contributed by atoms with Crippen molar-refractivity contribution in [1.29, 1.82) is 0 Å². The quantitative estimate of drug-likeness (QED) is 0.880. The Morgan fingerprint density at radius 1 is 1.35 bits per heavy atom. The van der Waals surface area contributed by atoms with Gasteiger partial charge in [-0.3, -0.25) is 4.79 Å². The van der Waals surface area contributed by atoms with Crippen molar-refractivity contribution >= 4 is 15.9 Å². The minimum absolute atomic E-state index is 0.0193. The van der Waals surface area contributed by atoms with Crippen LogP contribution in [-0.2, 0) is 21.4 Å². The van der Waals surface area contributed by atoms with E-state index in [9.17, 15) is 13.2 Å². The zero-order valence-electron chi connectivity index (χ0n) is 11.6. The lowest BCUT2D eigenvalue weighted by Crippen LogP contribution is -2.29. The SMILES string of the molecule is CS(=O)(=O)N1CCC(CC(=O)NCc2ccccc2)C1. The standard InChI is InChI=1S/C14H20N2O3S/c1-20(18,19)16-8-7-13(11-16)9-14(17)15-10-12-5-3-2-4-6-12/h2-6,13H,7-11H2,1H3,(H,15,17). The summed E-state index contributed by atoms with van der Waals surface area (Å²) in [5.74, 6) is 0.106. The van der Waals surface area contributed by atoms with Crippen LogP contribution in [0, 0.1) is 5.92 Å². The van der Waals surface area contributed by atoms with Gasteiger partial charge in [0.05, 0.1) is 6.26 Å². The Morgan fingerprint density at radius 3 is 2.65 bits per heavy atom. The van der Waals surface area contributed by atoms with Gasteiger partial charge in [-0.1, -0.05) is 30.3 Å². The van der Waals surface area contributed by atoms with Gasteiger partial charge in [0.15, 0.2) is 0 Å². The number of carbonyl (C=O) groups is 1. The highest BCUT2D eigenvalue weighted by Gasteiger charge is 2.29. The molecule has 1 amide bonds. The van der Waals surface area contributed by atoms with E-state index in [4.69, 9.17) is 0 Å². The maximum atomic E-state index is 11.8. The number of sulfonamides is 1. The summed E-state index contributed by atoms with van der Waals surface area (Å²) in [6, 6.07) is 9.72. The van der Waals surface area contributed by atoms with Gasteiger partial charge in [-0.15, -0.1) is 0 Å². The summed E-state index contributed by atoms with van der Waals surface area (Å²) in [4.78, 5) is 11.8.